The molecule has 6 nitrogen and oxygen atoms in total. The lowest BCUT2D eigenvalue weighted by Crippen LogP contribution is -2.48. The van der Waals surface area contributed by atoms with Crippen molar-refractivity contribution >= 4 is 27.4 Å². The number of carbonyl (C=O) groups excluding carboxylic acids is 1. The average molecular weight is 307 g/mol. The summed E-state index contributed by atoms with van der Waals surface area (Å²) in [5.41, 5.74) is 0.932. The van der Waals surface area contributed by atoms with Crippen molar-refractivity contribution in [1.82, 2.24) is 13.2 Å². The van der Waals surface area contributed by atoms with Crippen molar-refractivity contribution in [2.45, 2.75) is 0 Å². The second kappa shape index (κ2) is 5.25. The number of nitrogens with zero attached hydrogens (tertiary/aromatic N) is 3. The Kier molecular flexibility index (Phi) is 3.56. The van der Waals surface area contributed by atoms with Gasteiger partial charge in [-0.3, -0.25) is 4.79 Å². The number of aromatic nitrogens is 1. The van der Waals surface area contributed by atoms with Crippen molar-refractivity contribution in [3.8, 4) is 0 Å². The molecule has 0 atom stereocenters. The van der Waals surface area contributed by atoms with Crippen molar-refractivity contribution in [1.29, 1.82) is 0 Å². The number of rotatable bonds is 3. The van der Waals surface area contributed by atoms with Crippen LogP contribution in [0.4, 0.5) is 0 Å². The molecule has 1 aromatic heterocycles. The fourth-order valence-corrected chi connectivity index (χ4v) is 4.13. The minimum Gasteiger partial charge on any atom is -0.304 e. The maximum absolute atomic E-state index is 12.8. The molecule has 0 radical (unpaired) electrons. The van der Waals surface area contributed by atoms with Crippen LogP contribution < -0.4 is 0 Å². The normalized spacial score (nSPS) is 18.1. The van der Waals surface area contributed by atoms with Crippen molar-refractivity contribution in [2.24, 2.45) is 0 Å². The molecule has 2 heterocycles. The van der Waals surface area contributed by atoms with Gasteiger partial charge in [0.15, 0.2) is 6.29 Å². The Morgan fingerprint density at radius 2 is 1.76 bits per heavy atom. The smallest absolute Gasteiger partial charge is 0.304 e. The molecule has 1 saturated heterocycles. The lowest BCUT2D eigenvalue weighted by molar-refractivity contribution is 0.112. The van der Waals surface area contributed by atoms with Gasteiger partial charge in [-0.25, -0.2) is 3.97 Å². The highest BCUT2D eigenvalue weighted by Crippen LogP contribution is 2.23. The van der Waals surface area contributed by atoms with Crippen LogP contribution in [0.3, 0.4) is 0 Å². The zero-order valence-electron chi connectivity index (χ0n) is 11.8. The second-order valence-corrected chi connectivity index (χ2v) is 7.03. The summed E-state index contributed by atoms with van der Waals surface area (Å²) in [7, 11) is -1.67. The van der Waals surface area contributed by atoms with Crippen molar-refractivity contribution in [3.05, 3.63) is 36.0 Å². The monoisotopic (exact) mass is 307 g/mol. The first-order chi connectivity index (χ1) is 10.0. The molecule has 0 bridgehead atoms. The van der Waals surface area contributed by atoms with Crippen LogP contribution in [0.15, 0.2) is 30.5 Å². The molecule has 0 unspecified atom stereocenters. The van der Waals surface area contributed by atoms with E-state index < -0.39 is 10.2 Å². The number of piperazine rings is 1. The fraction of sp³-hybridized carbons (Fsp3) is 0.357. The predicted octanol–water partition coefficient (Wildman–Crippen LogP) is 0.794. The molecular weight excluding hydrogens is 290 g/mol. The topological polar surface area (TPSA) is 62.6 Å². The molecule has 1 fully saturated rings. The molecule has 1 aliphatic rings. The van der Waals surface area contributed by atoms with E-state index in [-0.39, 0.29) is 0 Å². The van der Waals surface area contributed by atoms with E-state index in [4.69, 9.17) is 0 Å². The molecule has 21 heavy (non-hydrogen) atoms. The van der Waals surface area contributed by atoms with Gasteiger partial charge in [-0.05, 0) is 13.1 Å². The van der Waals surface area contributed by atoms with E-state index in [2.05, 4.69) is 4.90 Å². The summed E-state index contributed by atoms with van der Waals surface area (Å²) in [6.45, 7) is 2.33. The molecular formula is C14H17N3O3S. The highest BCUT2D eigenvalue weighted by atomic mass is 32.2. The summed E-state index contributed by atoms with van der Waals surface area (Å²) in [6, 6.07) is 7.04. The molecule has 3 rings (SSSR count). The third kappa shape index (κ3) is 2.37. The number of aldehydes is 1. The van der Waals surface area contributed by atoms with E-state index >= 15 is 0 Å². The minimum absolute atomic E-state index is 0.392. The van der Waals surface area contributed by atoms with Crippen LogP contribution >= 0.6 is 0 Å². The predicted molar refractivity (Wildman–Crippen MR) is 80.7 cm³/mol. The molecule has 1 aliphatic heterocycles. The molecule has 0 N–H and O–H groups in total. The SMILES string of the molecule is CN1CCN(S(=O)(=O)n2cc(C=O)c3ccccc32)CC1. The van der Waals surface area contributed by atoms with Gasteiger partial charge in [0.25, 0.3) is 0 Å². The van der Waals surface area contributed by atoms with E-state index in [1.54, 1.807) is 24.3 Å². The molecule has 112 valence electrons. The van der Waals surface area contributed by atoms with E-state index in [0.29, 0.717) is 48.9 Å². The van der Waals surface area contributed by atoms with Gasteiger partial charge in [0.1, 0.15) is 0 Å². The number of benzene rings is 1. The number of hydrogen-bond donors (Lipinski definition) is 0. The Morgan fingerprint density at radius 3 is 2.43 bits per heavy atom. The maximum Gasteiger partial charge on any atom is 0.308 e. The van der Waals surface area contributed by atoms with Gasteiger partial charge in [0, 0.05) is 43.3 Å². The van der Waals surface area contributed by atoms with Crippen molar-refractivity contribution in [3.63, 3.8) is 0 Å². The minimum atomic E-state index is -3.64. The third-order valence-corrected chi connectivity index (χ3v) is 5.69. The van der Waals surface area contributed by atoms with Crippen LogP contribution in [0.2, 0.25) is 0 Å². The molecule has 2 aromatic rings. The molecule has 7 heteroatoms. The number of hydrogen-bond acceptors (Lipinski definition) is 4. The summed E-state index contributed by atoms with van der Waals surface area (Å²) in [5.74, 6) is 0. The third-order valence-electron chi connectivity index (χ3n) is 3.87. The maximum atomic E-state index is 12.8. The van der Waals surface area contributed by atoms with E-state index in [1.807, 2.05) is 7.05 Å². The molecule has 0 amide bonds. The highest BCUT2D eigenvalue weighted by molar-refractivity contribution is 7.87. The lowest BCUT2D eigenvalue weighted by Gasteiger charge is -2.31. The van der Waals surface area contributed by atoms with Crippen LogP contribution in [-0.2, 0) is 10.2 Å². The standard InChI is InChI=1S/C14H17N3O3S/c1-15-6-8-16(9-7-15)21(19,20)17-10-12(11-18)13-4-2-3-5-14(13)17/h2-5,10-11H,6-9H2,1H3. The van der Waals surface area contributed by atoms with Crippen LogP contribution in [0.25, 0.3) is 10.9 Å². The second-order valence-electron chi connectivity index (χ2n) is 5.23. The summed E-state index contributed by atoms with van der Waals surface area (Å²) in [5, 5.41) is 0.658. The zero-order chi connectivity index (χ0) is 15.0. The Morgan fingerprint density at radius 1 is 1.10 bits per heavy atom. The largest absolute Gasteiger partial charge is 0.308 e. The lowest BCUT2D eigenvalue weighted by atomic mass is 10.2. The Labute approximate surface area is 123 Å². The Hall–Kier alpha value is -1.70. The van der Waals surface area contributed by atoms with Crippen LogP contribution in [0.1, 0.15) is 10.4 Å². The van der Waals surface area contributed by atoms with Crippen LogP contribution in [0, 0.1) is 0 Å². The molecule has 0 saturated carbocycles. The Balaban J connectivity index is 2.09. The summed E-state index contributed by atoms with van der Waals surface area (Å²) in [4.78, 5) is 13.2. The van der Waals surface area contributed by atoms with Crippen molar-refractivity contribution < 1.29 is 13.2 Å². The van der Waals surface area contributed by atoms with E-state index in [1.165, 1.54) is 14.5 Å². The zero-order valence-corrected chi connectivity index (χ0v) is 12.6. The fourth-order valence-electron chi connectivity index (χ4n) is 2.60. The molecule has 1 aromatic carbocycles. The van der Waals surface area contributed by atoms with Gasteiger partial charge in [-0.1, -0.05) is 18.2 Å². The summed E-state index contributed by atoms with van der Waals surface area (Å²) >= 11 is 0. The van der Waals surface area contributed by atoms with Crippen molar-refractivity contribution in [2.75, 3.05) is 33.2 Å². The van der Waals surface area contributed by atoms with Gasteiger partial charge < -0.3 is 4.90 Å². The van der Waals surface area contributed by atoms with Crippen LogP contribution in [-0.4, -0.2) is 61.1 Å². The van der Waals surface area contributed by atoms with Gasteiger partial charge in [0.05, 0.1) is 5.52 Å². The quantitative estimate of drug-likeness (QED) is 0.787. The summed E-state index contributed by atoms with van der Waals surface area (Å²) < 4.78 is 28.3. The van der Waals surface area contributed by atoms with E-state index in [0.717, 1.165) is 0 Å². The van der Waals surface area contributed by atoms with Gasteiger partial charge in [-0.15, -0.1) is 0 Å². The Bertz CT molecular complexity index is 774. The molecule has 0 spiro atoms. The van der Waals surface area contributed by atoms with Crippen LogP contribution in [0.5, 0.6) is 0 Å². The highest BCUT2D eigenvalue weighted by Gasteiger charge is 2.28. The first-order valence-corrected chi connectivity index (χ1v) is 8.18. The molecule has 0 aliphatic carbocycles. The first kappa shape index (κ1) is 14.2. The number of fused-ring (bicyclic) bond motifs is 1. The van der Waals surface area contributed by atoms with Gasteiger partial charge in [-0.2, -0.15) is 12.7 Å². The van der Waals surface area contributed by atoms with Gasteiger partial charge >= 0.3 is 10.2 Å². The average Bonchev–Trinajstić information content (AvgIpc) is 2.87. The first-order valence-electron chi connectivity index (χ1n) is 6.78. The number of para-hydroxylation sites is 1. The number of carbonyl (C=O) groups is 1. The number of likely N-dealkylation sites (N-methyl/N-ethyl adjacent to an activating group) is 1. The van der Waals surface area contributed by atoms with Gasteiger partial charge in [0.2, 0.25) is 0 Å². The summed E-state index contributed by atoms with van der Waals surface area (Å²) in [6.07, 6.45) is 2.10. The van der Waals surface area contributed by atoms with E-state index in [9.17, 15) is 13.2 Å².